The Labute approximate surface area is 113 Å². The summed E-state index contributed by atoms with van der Waals surface area (Å²) in [7, 11) is 0. The number of aryl methyl sites for hydroxylation is 1. The van der Waals surface area contributed by atoms with E-state index in [4.69, 9.17) is 11.6 Å². The summed E-state index contributed by atoms with van der Waals surface area (Å²) in [6, 6.07) is 11.1. The van der Waals surface area contributed by atoms with Crippen LogP contribution < -0.4 is 5.32 Å². The summed E-state index contributed by atoms with van der Waals surface area (Å²) in [4.78, 5) is 0. The molecule has 2 heteroatoms. The highest BCUT2D eigenvalue weighted by Crippen LogP contribution is 2.38. The van der Waals surface area contributed by atoms with Gasteiger partial charge in [0.25, 0.3) is 0 Å². The van der Waals surface area contributed by atoms with Crippen LogP contribution in [0.4, 0.5) is 0 Å². The third-order valence-electron chi connectivity index (χ3n) is 3.89. The largest absolute Gasteiger partial charge is 0.310 e. The fourth-order valence-corrected chi connectivity index (χ4v) is 3.38. The van der Waals surface area contributed by atoms with Gasteiger partial charge in [-0.2, -0.15) is 0 Å². The number of rotatable bonds is 2. The van der Waals surface area contributed by atoms with Crippen LogP contribution in [0.1, 0.15) is 36.9 Å². The first-order valence-corrected chi connectivity index (χ1v) is 7.12. The van der Waals surface area contributed by atoms with E-state index in [0.717, 1.165) is 11.6 Å². The zero-order valence-corrected chi connectivity index (χ0v) is 11.4. The molecule has 0 bridgehead atoms. The van der Waals surface area contributed by atoms with Crippen molar-refractivity contribution in [3.05, 3.63) is 46.5 Å². The second-order valence-electron chi connectivity index (χ2n) is 4.97. The molecular formula is C16H18ClN. The Kier molecular flexibility index (Phi) is 3.27. The molecule has 94 valence electrons. The predicted octanol–water partition coefficient (Wildman–Crippen LogP) is 4.48. The maximum Gasteiger partial charge on any atom is 0.0487 e. The van der Waals surface area contributed by atoms with E-state index in [-0.39, 0.29) is 0 Å². The van der Waals surface area contributed by atoms with Crippen LogP contribution in [0.25, 0.3) is 10.8 Å². The lowest BCUT2D eigenvalue weighted by molar-refractivity contribution is 0.473. The molecule has 18 heavy (non-hydrogen) atoms. The van der Waals surface area contributed by atoms with Gasteiger partial charge in [0.05, 0.1) is 0 Å². The quantitative estimate of drug-likeness (QED) is 0.839. The van der Waals surface area contributed by atoms with Crippen LogP contribution >= 0.6 is 11.6 Å². The summed E-state index contributed by atoms with van der Waals surface area (Å²) in [6.07, 6.45) is 3.65. The standard InChI is InChI=1S/C16H18ClN/c1-2-18-16-9-5-8-12-11-6-3-4-7-13(11)15(17)10-14(12)16/h3-4,6-7,10,16,18H,2,5,8-9H2,1H3. The minimum atomic E-state index is 0.473. The second-order valence-corrected chi connectivity index (χ2v) is 5.38. The number of benzene rings is 2. The monoisotopic (exact) mass is 259 g/mol. The van der Waals surface area contributed by atoms with Gasteiger partial charge in [-0.05, 0) is 48.4 Å². The number of hydrogen-bond donors (Lipinski definition) is 1. The minimum absolute atomic E-state index is 0.473. The van der Waals surface area contributed by atoms with Crippen LogP contribution in [0, 0.1) is 0 Å². The summed E-state index contributed by atoms with van der Waals surface area (Å²) in [6.45, 7) is 3.17. The highest BCUT2D eigenvalue weighted by molar-refractivity contribution is 6.35. The molecule has 1 unspecified atom stereocenters. The Bertz CT molecular complexity index is 577. The molecule has 1 atom stereocenters. The summed E-state index contributed by atoms with van der Waals surface area (Å²) in [5, 5.41) is 6.98. The minimum Gasteiger partial charge on any atom is -0.310 e. The molecule has 0 amide bonds. The van der Waals surface area contributed by atoms with Crippen LogP contribution in [0.5, 0.6) is 0 Å². The smallest absolute Gasteiger partial charge is 0.0487 e. The average molecular weight is 260 g/mol. The van der Waals surface area contributed by atoms with Crippen molar-refractivity contribution < 1.29 is 0 Å². The normalized spacial score (nSPS) is 18.9. The summed E-state index contributed by atoms with van der Waals surface area (Å²) >= 11 is 6.43. The predicted molar refractivity (Wildman–Crippen MR) is 78.3 cm³/mol. The van der Waals surface area contributed by atoms with E-state index in [0.29, 0.717) is 6.04 Å². The van der Waals surface area contributed by atoms with Crippen molar-refractivity contribution in [1.29, 1.82) is 0 Å². The van der Waals surface area contributed by atoms with Crippen molar-refractivity contribution >= 4 is 22.4 Å². The number of fused-ring (bicyclic) bond motifs is 3. The molecule has 0 radical (unpaired) electrons. The van der Waals surface area contributed by atoms with Gasteiger partial charge in [-0.1, -0.05) is 42.8 Å². The van der Waals surface area contributed by atoms with Crippen molar-refractivity contribution in [2.24, 2.45) is 0 Å². The Hall–Kier alpha value is -1.05. The molecule has 1 aliphatic carbocycles. The van der Waals surface area contributed by atoms with Crippen molar-refractivity contribution in [3.63, 3.8) is 0 Å². The topological polar surface area (TPSA) is 12.0 Å². The van der Waals surface area contributed by atoms with Crippen LogP contribution in [-0.2, 0) is 6.42 Å². The first-order valence-electron chi connectivity index (χ1n) is 6.74. The molecule has 0 heterocycles. The lowest BCUT2D eigenvalue weighted by Crippen LogP contribution is -2.25. The maximum absolute atomic E-state index is 6.43. The molecule has 3 rings (SSSR count). The number of hydrogen-bond acceptors (Lipinski definition) is 1. The zero-order chi connectivity index (χ0) is 12.5. The maximum atomic E-state index is 6.43. The Balaban J connectivity index is 2.22. The first kappa shape index (κ1) is 12.0. The molecule has 1 nitrogen and oxygen atoms in total. The van der Waals surface area contributed by atoms with Gasteiger partial charge in [0.2, 0.25) is 0 Å². The van der Waals surface area contributed by atoms with Crippen molar-refractivity contribution in [1.82, 2.24) is 5.32 Å². The van der Waals surface area contributed by atoms with Gasteiger partial charge in [-0.3, -0.25) is 0 Å². The van der Waals surface area contributed by atoms with Crippen molar-refractivity contribution in [2.45, 2.75) is 32.2 Å². The summed E-state index contributed by atoms with van der Waals surface area (Å²) in [5.74, 6) is 0. The lowest BCUT2D eigenvalue weighted by Gasteiger charge is -2.27. The summed E-state index contributed by atoms with van der Waals surface area (Å²) < 4.78 is 0. The molecule has 2 aromatic rings. The van der Waals surface area contributed by atoms with Gasteiger partial charge < -0.3 is 5.32 Å². The molecular weight excluding hydrogens is 242 g/mol. The Morgan fingerprint density at radius 3 is 2.83 bits per heavy atom. The molecule has 0 saturated carbocycles. The molecule has 1 N–H and O–H groups in total. The van der Waals surface area contributed by atoms with E-state index in [2.05, 4.69) is 42.6 Å². The van der Waals surface area contributed by atoms with E-state index in [9.17, 15) is 0 Å². The average Bonchev–Trinajstić information content (AvgIpc) is 2.41. The van der Waals surface area contributed by atoms with Crippen LogP contribution in [0.15, 0.2) is 30.3 Å². The van der Waals surface area contributed by atoms with E-state index in [1.54, 1.807) is 0 Å². The highest BCUT2D eigenvalue weighted by atomic mass is 35.5. The van der Waals surface area contributed by atoms with Crippen molar-refractivity contribution in [3.8, 4) is 0 Å². The SMILES string of the molecule is CCNC1CCCc2c1cc(Cl)c1ccccc21. The van der Waals surface area contributed by atoms with Crippen LogP contribution in [0.3, 0.4) is 0 Å². The van der Waals surface area contributed by atoms with Crippen LogP contribution in [-0.4, -0.2) is 6.54 Å². The van der Waals surface area contributed by atoms with Gasteiger partial charge in [-0.25, -0.2) is 0 Å². The molecule has 0 aliphatic heterocycles. The fraction of sp³-hybridized carbons (Fsp3) is 0.375. The molecule has 0 saturated heterocycles. The fourth-order valence-electron chi connectivity index (χ4n) is 3.10. The molecule has 2 aromatic carbocycles. The lowest BCUT2D eigenvalue weighted by atomic mass is 9.84. The highest BCUT2D eigenvalue weighted by Gasteiger charge is 2.22. The van der Waals surface area contributed by atoms with Gasteiger partial charge >= 0.3 is 0 Å². The Morgan fingerprint density at radius 2 is 2.06 bits per heavy atom. The van der Waals surface area contributed by atoms with Crippen molar-refractivity contribution in [2.75, 3.05) is 6.54 Å². The molecule has 0 spiro atoms. The Morgan fingerprint density at radius 1 is 1.28 bits per heavy atom. The third-order valence-corrected chi connectivity index (χ3v) is 4.20. The second kappa shape index (κ2) is 4.91. The van der Waals surface area contributed by atoms with E-state index in [1.165, 1.54) is 41.2 Å². The van der Waals surface area contributed by atoms with E-state index >= 15 is 0 Å². The molecule has 1 aliphatic rings. The van der Waals surface area contributed by atoms with E-state index < -0.39 is 0 Å². The van der Waals surface area contributed by atoms with Gasteiger partial charge in [0.15, 0.2) is 0 Å². The van der Waals surface area contributed by atoms with Gasteiger partial charge in [0.1, 0.15) is 0 Å². The number of nitrogens with one attached hydrogen (secondary N) is 1. The number of halogens is 1. The van der Waals surface area contributed by atoms with Crippen LogP contribution in [0.2, 0.25) is 5.02 Å². The van der Waals surface area contributed by atoms with Gasteiger partial charge in [-0.15, -0.1) is 0 Å². The first-order chi connectivity index (χ1) is 8.81. The molecule has 0 aromatic heterocycles. The molecule has 0 fully saturated rings. The van der Waals surface area contributed by atoms with Gasteiger partial charge in [0, 0.05) is 16.5 Å². The summed E-state index contributed by atoms with van der Waals surface area (Å²) in [5.41, 5.74) is 2.90. The third kappa shape index (κ3) is 1.92. The van der Waals surface area contributed by atoms with E-state index in [1.807, 2.05) is 0 Å². The zero-order valence-electron chi connectivity index (χ0n) is 10.7.